The van der Waals surface area contributed by atoms with E-state index in [0.717, 1.165) is 23.6 Å². The summed E-state index contributed by atoms with van der Waals surface area (Å²) < 4.78 is 4.96. The van der Waals surface area contributed by atoms with Crippen LogP contribution in [0, 0.1) is 6.92 Å². The number of carbonyl (C=O) groups excluding carboxylic acids is 1. The number of amides is 1. The molecule has 1 N–H and O–H groups in total. The number of benzene rings is 1. The van der Waals surface area contributed by atoms with Gasteiger partial charge in [0.15, 0.2) is 0 Å². The van der Waals surface area contributed by atoms with E-state index in [1.807, 2.05) is 13.0 Å². The zero-order chi connectivity index (χ0) is 15.8. The quantitative estimate of drug-likeness (QED) is 0.618. The number of ether oxygens (including phenoxy) is 1. The lowest BCUT2D eigenvalue weighted by Gasteiger charge is -2.17. The van der Waals surface area contributed by atoms with E-state index in [2.05, 4.69) is 0 Å². The van der Waals surface area contributed by atoms with E-state index < -0.39 is 5.97 Å². The molecule has 0 atom stereocenters. The fourth-order valence-corrected chi connectivity index (χ4v) is 1.88. The molecular weight excluding hydrogens is 270 g/mol. The Kier molecular flexibility index (Phi) is 6.62. The standard InChI is InChI=1S/C16H21NO4/c1-12-5-6-14(11-13(12)7-8-15(18)19)16(20)17(2)9-4-10-21-3/h5-8,11H,4,9-10H2,1-3H3,(H,18,19)/b8-7+. The summed E-state index contributed by atoms with van der Waals surface area (Å²) in [5, 5.41) is 8.68. The highest BCUT2D eigenvalue weighted by atomic mass is 16.5. The summed E-state index contributed by atoms with van der Waals surface area (Å²) in [6, 6.07) is 5.28. The maximum Gasteiger partial charge on any atom is 0.328 e. The number of hydrogen-bond donors (Lipinski definition) is 1. The highest BCUT2D eigenvalue weighted by Gasteiger charge is 2.12. The topological polar surface area (TPSA) is 66.8 Å². The number of carboxylic acid groups (broad SMARTS) is 1. The van der Waals surface area contributed by atoms with Gasteiger partial charge in [0.25, 0.3) is 5.91 Å². The Morgan fingerprint density at radius 1 is 1.38 bits per heavy atom. The van der Waals surface area contributed by atoms with Crippen LogP contribution in [-0.2, 0) is 9.53 Å². The summed E-state index contributed by atoms with van der Waals surface area (Å²) in [6.45, 7) is 3.09. The largest absolute Gasteiger partial charge is 0.478 e. The van der Waals surface area contributed by atoms with Crippen LogP contribution < -0.4 is 0 Å². The molecule has 0 bridgehead atoms. The number of nitrogens with zero attached hydrogens (tertiary/aromatic N) is 1. The number of carbonyl (C=O) groups is 2. The molecule has 0 heterocycles. The Hall–Kier alpha value is -2.14. The fourth-order valence-electron chi connectivity index (χ4n) is 1.88. The summed E-state index contributed by atoms with van der Waals surface area (Å²) in [4.78, 5) is 24.5. The van der Waals surface area contributed by atoms with Gasteiger partial charge in [-0.3, -0.25) is 4.79 Å². The molecule has 0 radical (unpaired) electrons. The van der Waals surface area contributed by atoms with Gasteiger partial charge in [0, 0.05) is 38.9 Å². The second kappa shape index (κ2) is 8.21. The zero-order valence-corrected chi connectivity index (χ0v) is 12.6. The Morgan fingerprint density at radius 2 is 2.10 bits per heavy atom. The molecule has 0 spiro atoms. The predicted molar refractivity (Wildman–Crippen MR) is 81.3 cm³/mol. The van der Waals surface area contributed by atoms with Gasteiger partial charge < -0.3 is 14.7 Å². The summed E-state index contributed by atoms with van der Waals surface area (Å²) in [7, 11) is 3.37. The average Bonchev–Trinajstić information content (AvgIpc) is 2.45. The molecule has 5 nitrogen and oxygen atoms in total. The molecule has 0 aliphatic rings. The maximum absolute atomic E-state index is 12.3. The first kappa shape index (κ1) is 16.9. The molecule has 0 aliphatic carbocycles. The molecular formula is C16H21NO4. The van der Waals surface area contributed by atoms with Gasteiger partial charge in [0.05, 0.1) is 0 Å². The molecule has 21 heavy (non-hydrogen) atoms. The molecule has 5 heteroatoms. The van der Waals surface area contributed by atoms with E-state index in [9.17, 15) is 9.59 Å². The fraction of sp³-hybridized carbons (Fsp3) is 0.375. The molecule has 0 aromatic heterocycles. The van der Waals surface area contributed by atoms with E-state index in [1.54, 1.807) is 31.2 Å². The van der Waals surface area contributed by atoms with Crippen molar-refractivity contribution in [2.75, 3.05) is 27.3 Å². The molecule has 1 aromatic carbocycles. The highest BCUT2D eigenvalue weighted by Crippen LogP contribution is 2.14. The van der Waals surface area contributed by atoms with Crippen LogP contribution in [0.1, 0.15) is 27.9 Å². The van der Waals surface area contributed by atoms with Crippen molar-refractivity contribution in [3.63, 3.8) is 0 Å². The third-order valence-electron chi connectivity index (χ3n) is 3.12. The lowest BCUT2D eigenvalue weighted by Crippen LogP contribution is -2.28. The van der Waals surface area contributed by atoms with Gasteiger partial charge in [-0.1, -0.05) is 6.07 Å². The van der Waals surface area contributed by atoms with Crippen LogP contribution in [0.4, 0.5) is 0 Å². The zero-order valence-electron chi connectivity index (χ0n) is 12.6. The van der Waals surface area contributed by atoms with E-state index >= 15 is 0 Å². The maximum atomic E-state index is 12.3. The highest BCUT2D eigenvalue weighted by molar-refractivity contribution is 5.95. The number of hydrogen-bond acceptors (Lipinski definition) is 3. The molecule has 0 fully saturated rings. The molecule has 0 unspecified atom stereocenters. The minimum absolute atomic E-state index is 0.0870. The SMILES string of the molecule is COCCCN(C)C(=O)c1ccc(C)c(/C=C/C(=O)O)c1. The van der Waals surface area contributed by atoms with Crippen molar-refractivity contribution >= 4 is 18.0 Å². The van der Waals surface area contributed by atoms with Gasteiger partial charge in [0.1, 0.15) is 0 Å². The van der Waals surface area contributed by atoms with E-state index in [4.69, 9.17) is 9.84 Å². The average molecular weight is 291 g/mol. The summed E-state index contributed by atoms with van der Waals surface area (Å²) >= 11 is 0. The third kappa shape index (κ3) is 5.39. The van der Waals surface area contributed by atoms with E-state index in [0.29, 0.717) is 18.7 Å². The Bertz CT molecular complexity index is 537. The first-order chi connectivity index (χ1) is 9.95. The minimum atomic E-state index is -1.01. The van der Waals surface area contributed by atoms with Crippen LogP contribution in [0.25, 0.3) is 6.08 Å². The van der Waals surface area contributed by atoms with Crippen molar-refractivity contribution in [2.24, 2.45) is 0 Å². The smallest absolute Gasteiger partial charge is 0.328 e. The van der Waals surface area contributed by atoms with Crippen LogP contribution in [0.2, 0.25) is 0 Å². The van der Waals surface area contributed by atoms with Crippen molar-refractivity contribution in [3.05, 3.63) is 41.0 Å². The van der Waals surface area contributed by atoms with Crippen molar-refractivity contribution < 1.29 is 19.4 Å². The first-order valence-corrected chi connectivity index (χ1v) is 6.71. The Labute approximate surface area is 124 Å². The van der Waals surface area contributed by atoms with Gasteiger partial charge in [-0.25, -0.2) is 4.79 Å². The molecule has 114 valence electrons. The molecule has 0 aliphatic heterocycles. The number of aryl methyl sites for hydroxylation is 1. The van der Waals surface area contributed by atoms with Gasteiger partial charge in [-0.05, 0) is 42.7 Å². The molecule has 1 rings (SSSR count). The van der Waals surface area contributed by atoms with E-state index in [-0.39, 0.29) is 5.91 Å². The van der Waals surface area contributed by atoms with Crippen molar-refractivity contribution in [1.29, 1.82) is 0 Å². The normalized spacial score (nSPS) is 10.8. The molecule has 1 amide bonds. The van der Waals surface area contributed by atoms with Crippen molar-refractivity contribution in [1.82, 2.24) is 4.90 Å². The Morgan fingerprint density at radius 3 is 2.71 bits per heavy atom. The minimum Gasteiger partial charge on any atom is -0.478 e. The second-order valence-electron chi connectivity index (χ2n) is 4.82. The lowest BCUT2D eigenvalue weighted by molar-refractivity contribution is -0.131. The van der Waals surface area contributed by atoms with Gasteiger partial charge >= 0.3 is 5.97 Å². The lowest BCUT2D eigenvalue weighted by atomic mass is 10.0. The van der Waals surface area contributed by atoms with Crippen LogP contribution in [0.3, 0.4) is 0 Å². The molecule has 1 aromatic rings. The van der Waals surface area contributed by atoms with Crippen LogP contribution in [-0.4, -0.2) is 49.2 Å². The number of carboxylic acids is 1. The van der Waals surface area contributed by atoms with Crippen molar-refractivity contribution in [3.8, 4) is 0 Å². The first-order valence-electron chi connectivity index (χ1n) is 6.71. The van der Waals surface area contributed by atoms with Crippen LogP contribution >= 0.6 is 0 Å². The van der Waals surface area contributed by atoms with Crippen molar-refractivity contribution in [2.45, 2.75) is 13.3 Å². The summed E-state index contributed by atoms with van der Waals surface area (Å²) in [5.41, 5.74) is 2.20. The monoisotopic (exact) mass is 291 g/mol. The number of methoxy groups -OCH3 is 1. The van der Waals surface area contributed by atoms with Gasteiger partial charge in [-0.2, -0.15) is 0 Å². The Balaban J connectivity index is 2.85. The number of aliphatic carboxylic acids is 1. The van der Waals surface area contributed by atoms with Gasteiger partial charge in [-0.15, -0.1) is 0 Å². The van der Waals surface area contributed by atoms with E-state index in [1.165, 1.54) is 6.08 Å². The summed E-state index contributed by atoms with van der Waals surface area (Å²) in [6.07, 6.45) is 3.34. The van der Waals surface area contributed by atoms with Crippen LogP contribution in [0.15, 0.2) is 24.3 Å². The number of rotatable bonds is 7. The molecule has 0 saturated heterocycles. The molecule has 0 saturated carbocycles. The van der Waals surface area contributed by atoms with Crippen LogP contribution in [0.5, 0.6) is 0 Å². The predicted octanol–water partition coefficient (Wildman–Crippen LogP) is 2.20. The summed E-state index contributed by atoms with van der Waals surface area (Å²) in [5.74, 6) is -1.10. The van der Waals surface area contributed by atoms with Gasteiger partial charge in [0.2, 0.25) is 0 Å². The second-order valence-corrected chi connectivity index (χ2v) is 4.82. The third-order valence-corrected chi connectivity index (χ3v) is 3.12.